The molecule has 0 amide bonds. The van der Waals surface area contributed by atoms with Crippen molar-refractivity contribution in [1.29, 1.82) is 0 Å². The van der Waals surface area contributed by atoms with Crippen molar-refractivity contribution < 1.29 is 52.6 Å². The number of hydrogen-bond acceptors (Lipinski definition) is 11. The average molecular weight is 812 g/mol. The highest BCUT2D eigenvalue weighted by molar-refractivity contribution is 7.47. The molecule has 0 aromatic heterocycles. The molecule has 322 valence electrons. The number of phosphoric ester groups is 1. The van der Waals surface area contributed by atoms with Gasteiger partial charge in [-0.05, 0) is 57.8 Å². The average Bonchev–Trinajstić information content (AvgIpc) is 3.44. The molecule has 6 atom stereocenters. The van der Waals surface area contributed by atoms with Gasteiger partial charge in [-0.15, -0.1) is 0 Å². The zero-order valence-electron chi connectivity index (χ0n) is 34.3. The number of carbonyl (C=O) groups excluding carboxylic acids is 3. The molecule has 0 aromatic carbocycles. The number of allylic oxidation sites excluding steroid dienone is 6. The van der Waals surface area contributed by atoms with Crippen LogP contribution < -0.4 is 5.73 Å². The molecule has 0 aromatic rings. The topological polar surface area (TPSA) is 192 Å². The van der Waals surface area contributed by atoms with E-state index < -0.39 is 44.7 Å². The van der Waals surface area contributed by atoms with Crippen LogP contribution in [-0.4, -0.2) is 77.5 Å². The van der Waals surface area contributed by atoms with E-state index in [0.29, 0.717) is 25.7 Å². The molecule has 12 nitrogen and oxygen atoms in total. The fourth-order valence-corrected chi connectivity index (χ4v) is 7.19. The highest BCUT2D eigenvalue weighted by atomic mass is 31.2. The molecule has 0 bridgehead atoms. The highest BCUT2D eigenvalue weighted by Crippen LogP contribution is 2.43. The largest absolute Gasteiger partial charge is 0.472 e. The van der Waals surface area contributed by atoms with E-state index in [0.717, 1.165) is 89.9 Å². The Labute approximate surface area is 337 Å². The molecule has 0 heterocycles. The minimum Gasteiger partial charge on any atom is -0.462 e. The first-order valence-electron chi connectivity index (χ1n) is 21.2. The second kappa shape index (κ2) is 33.5. The molecule has 1 unspecified atom stereocenters. The second-order valence-corrected chi connectivity index (χ2v) is 16.1. The first-order chi connectivity index (χ1) is 27.0. The maximum atomic E-state index is 12.6. The van der Waals surface area contributed by atoms with Gasteiger partial charge in [0.05, 0.1) is 25.4 Å². The fourth-order valence-electron chi connectivity index (χ4n) is 6.43. The van der Waals surface area contributed by atoms with Crippen LogP contribution in [0.2, 0.25) is 0 Å². The van der Waals surface area contributed by atoms with Crippen LogP contribution in [0.15, 0.2) is 48.6 Å². The van der Waals surface area contributed by atoms with Crippen LogP contribution in [0.5, 0.6) is 0 Å². The van der Waals surface area contributed by atoms with Gasteiger partial charge in [0.1, 0.15) is 12.4 Å². The van der Waals surface area contributed by atoms with Crippen LogP contribution in [0.3, 0.4) is 0 Å². The summed E-state index contributed by atoms with van der Waals surface area (Å²) in [6.07, 6.45) is 30.4. The quantitative estimate of drug-likeness (QED) is 0.0207. The molecule has 1 fully saturated rings. The summed E-state index contributed by atoms with van der Waals surface area (Å²) in [5, 5.41) is 20.7. The highest BCUT2D eigenvalue weighted by Gasteiger charge is 2.39. The Bertz CT molecular complexity index is 1220. The summed E-state index contributed by atoms with van der Waals surface area (Å²) in [4.78, 5) is 47.6. The summed E-state index contributed by atoms with van der Waals surface area (Å²) in [6, 6.07) is 0. The maximum Gasteiger partial charge on any atom is 0.472 e. The van der Waals surface area contributed by atoms with E-state index in [4.69, 9.17) is 24.3 Å². The molecule has 0 spiro atoms. The van der Waals surface area contributed by atoms with Gasteiger partial charge in [-0.1, -0.05) is 120 Å². The monoisotopic (exact) mass is 811 g/mol. The first-order valence-corrected chi connectivity index (χ1v) is 22.7. The number of rotatable bonds is 35. The van der Waals surface area contributed by atoms with Crippen LogP contribution in [0, 0.1) is 11.8 Å². The zero-order chi connectivity index (χ0) is 41.3. The Kier molecular flexibility index (Phi) is 30.9. The Morgan fingerprint density at radius 2 is 1.48 bits per heavy atom. The summed E-state index contributed by atoms with van der Waals surface area (Å²) in [6.45, 7) is 3.21. The number of Topliss-reactive ketones (excluding diaryl/α,β-unsaturated/α-hetero) is 1. The lowest BCUT2D eigenvalue weighted by atomic mass is 9.88. The van der Waals surface area contributed by atoms with E-state index in [-0.39, 0.29) is 56.6 Å². The summed E-state index contributed by atoms with van der Waals surface area (Å²) < 4.78 is 32.7. The number of ether oxygens (including phenoxy) is 2. The number of aliphatic hydroxyl groups is 2. The lowest BCUT2D eigenvalue weighted by Gasteiger charge is -2.20. The second-order valence-electron chi connectivity index (χ2n) is 14.6. The number of ketones is 1. The fraction of sp³-hybridized carbons (Fsp3) is 0.744. The first kappa shape index (κ1) is 51.6. The molecule has 0 aliphatic heterocycles. The lowest BCUT2D eigenvalue weighted by molar-refractivity contribution is -0.161. The van der Waals surface area contributed by atoms with Crippen molar-refractivity contribution in [1.82, 2.24) is 0 Å². The molecule has 5 N–H and O–H groups in total. The minimum atomic E-state index is -4.44. The van der Waals surface area contributed by atoms with E-state index in [1.165, 1.54) is 0 Å². The van der Waals surface area contributed by atoms with E-state index in [1.807, 2.05) is 6.08 Å². The summed E-state index contributed by atoms with van der Waals surface area (Å²) in [5.74, 6) is -1.54. The normalized spacial score (nSPS) is 19.8. The van der Waals surface area contributed by atoms with Gasteiger partial charge in [0, 0.05) is 37.6 Å². The van der Waals surface area contributed by atoms with Gasteiger partial charge in [-0.2, -0.15) is 0 Å². The van der Waals surface area contributed by atoms with Crippen LogP contribution >= 0.6 is 7.82 Å². The number of carbonyl (C=O) groups is 3. The SMILES string of the molecule is CC/C=C\C/C=C\C/C=C\CCCCCCCC(=O)O[C@H](COC(=O)CCCCCC[C@H]1C(=O)C[C@@H](O)[C@@H]1/C=C/[C@@H](O)CCCCC)COP(=O)(O)OCCN. The van der Waals surface area contributed by atoms with Crippen molar-refractivity contribution in [3.8, 4) is 0 Å². The Balaban J connectivity index is 2.40. The number of esters is 2. The predicted octanol–water partition coefficient (Wildman–Crippen LogP) is 8.53. The number of nitrogens with two attached hydrogens (primary N) is 1. The van der Waals surface area contributed by atoms with Crippen molar-refractivity contribution >= 4 is 25.5 Å². The van der Waals surface area contributed by atoms with Crippen molar-refractivity contribution in [2.75, 3.05) is 26.4 Å². The molecule has 13 heteroatoms. The molecule has 1 rings (SSSR count). The summed E-state index contributed by atoms with van der Waals surface area (Å²) in [7, 11) is -4.44. The Morgan fingerprint density at radius 3 is 2.18 bits per heavy atom. The van der Waals surface area contributed by atoms with E-state index >= 15 is 0 Å². The van der Waals surface area contributed by atoms with Gasteiger partial charge >= 0.3 is 19.8 Å². The third-order valence-electron chi connectivity index (χ3n) is 9.59. The van der Waals surface area contributed by atoms with Crippen molar-refractivity contribution in [3.63, 3.8) is 0 Å². The maximum absolute atomic E-state index is 12.6. The molecular weight excluding hydrogens is 737 g/mol. The molecule has 56 heavy (non-hydrogen) atoms. The molecule has 1 aliphatic carbocycles. The number of aliphatic hydroxyl groups excluding tert-OH is 2. The van der Waals surface area contributed by atoms with Gasteiger partial charge in [0.2, 0.25) is 0 Å². The molecule has 0 saturated heterocycles. The van der Waals surface area contributed by atoms with E-state index in [9.17, 15) is 34.1 Å². The third-order valence-corrected chi connectivity index (χ3v) is 10.6. The van der Waals surface area contributed by atoms with Gasteiger partial charge in [-0.3, -0.25) is 23.4 Å². The number of hydrogen-bond donors (Lipinski definition) is 4. The molecule has 1 saturated carbocycles. The predicted molar refractivity (Wildman–Crippen MR) is 220 cm³/mol. The Morgan fingerprint density at radius 1 is 0.839 bits per heavy atom. The van der Waals surface area contributed by atoms with Crippen LogP contribution in [0.25, 0.3) is 0 Å². The van der Waals surface area contributed by atoms with Gasteiger partial charge < -0.3 is 30.3 Å². The van der Waals surface area contributed by atoms with E-state index in [2.05, 4.69) is 50.3 Å². The number of phosphoric acid groups is 1. The molecular formula is C43H74NO11P. The van der Waals surface area contributed by atoms with Crippen molar-refractivity contribution in [3.05, 3.63) is 48.6 Å². The summed E-state index contributed by atoms with van der Waals surface area (Å²) in [5.41, 5.74) is 5.34. The smallest absolute Gasteiger partial charge is 0.462 e. The van der Waals surface area contributed by atoms with Gasteiger partial charge in [-0.25, -0.2) is 4.57 Å². The third kappa shape index (κ3) is 27.2. The Hall–Kier alpha value is -2.44. The lowest BCUT2D eigenvalue weighted by Crippen LogP contribution is -2.29. The van der Waals surface area contributed by atoms with Crippen molar-refractivity contribution in [2.24, 2.45) is 17.6 Å². The molecule has 0 radical (unpaired) electrons. The zero-order valence-corrected chi connectivity index (χ0v) is 35.2. The minimum absolute atomic E-state index is 0.0135. The van der Waals surface area contributed by atoms with E-state index in [1.54, 1.807) is 6.08 Å². The van der Waals surface area contributed by atoms with Gasteiger partial charge in [0.25, 0.3) is 0 Å². The van der Waals surface area contributed by atoms with Crippen LogP contribution in [0.4, 0.5) is 0 Å². The van der Waals surface area contributed by atoms with Crippen molar-refractivity contribution in [2.45, 2.75) is 167 Å². The van der Waals surface area contributed by atoms with Crippen LogP contribution in [0.1, 0.15) is 149 Å². The molecule has 1 aliphatic rings. The summed E-state index contributed by atoms with van der Waals surface area (Å²) >= 11 is 0. The standard InChI is InChI=1S/C43H74NO11P/c1-3-5-7-8-9-10-11-12-13-14-15-16-17-18-24-28-43(49)55-37(35-54-56(50,51)53-32-31-44)34-52-42(48)27-23-20-19-22-26-38-39(41(47)33-40(38)46)30-29-36(45)25-21-6-4-2/h5,7,9-10,12-13,29-30,36-39,41,45,47H,3-4,6,8,11,14-28,31-35,44H2,1-2H3,(H,50,51)/b7-5-,10-9-,13-12-,30-29+/t36-,37+,38+,39+,41+/m0/s1. The van der Waals surface area contributed by atoms with Gasteiger partial charge in [0.15, 0.2) is 6.10 Å². The number of unbranched alkanes of at least 4 members (excludes halogenated alkanes) is 10. The van der Waals surface area contributed by atoms with Crippen LogP contribution in [-0.2, 0) is 37.5 Å².